The van der Waals surface area contributed by atoms with E-state index in [1.807, 2.05) is 6.07 Å². The van der Waals surface area contributed by atoms with Crippen LogP contribution in [-0.4, -0.2) is 39.5 Å². The van der Waals surface area contributed by atoms with Crippen molar-refractivity contribution in [1.29, 1.82) is 0 Å². The molecule has 1 aromatic carbocycles. The van der Waals surface area contributed by atoms with Gasteiger partial charge in [-0.05, 0) is 54.0 Å². The number of rotatable bonds is 3. The number of aryl methyl sites for hydroxylation is 1. The fourth-order valence-corrected chi connectivity index (χ4v) is 2.35. The Morgan fingerprint density at radius 1 is 1.32 bits per heavy atom. The van der Waals surface area contributed by atoms with Crippen molar-refractivity contribution in [2.75, 3.05) is 18.5 Å². The third-order valence-corrected chi connectivity index (χ3v) is 3.38. The van der Waals surface area contributed by atoms with Crippen molar-refractivity contribution in [3.05, 3.63) is 30.1 Å². The maximum absolute atomic E-state index is 5.36. The summed E-state index contributed by atoms with van der Waals surface area (Å²) in [4.78, 5) is 0. The summed E-state index contributed by atoms with van der Waals surface area (Å²) in [5.74, 6) is 0. The molecule has 6 nitrogen and oxygen atoms in total. The lowest BCUT2D eigenvalue weighted by Crippen LogP contribution is -2.27. The van der Waals surface area contributed by atoms with Crippen LogP contribution in [0.1, 0.15) is 18.4 Å². The van der Waals surface area contributed by atoms with Gasteiger partial charge in [-0.15, -0.1) is 5.10 Å². The van der Waals surface area contributed by atoms with Gasteiger partial charge in [0.2, 0.25) is 0 Å². The van der Waals surface area contributed by atoms with E-state index < -0.39 is 0 Å². The van der Waals surface area contributed by atoms with E-state index >= 15 is 0 Å². The SMILES string of the molecule is Cc1cc(NC2CCOCC2)ccc1-n1cnnn1. The van der Waals surface area contributed by atoms with E-state index in [4.69, 9.17) is 4.74 Å². The fraction of sp³-hybridized carbons (Fsp3) is 0.462. The lowest BCUT2D eigenvalue weighted by molar-refractivity contribution is 0.0904. The Kier molecular flexibility index (Phi) is 3.41. The lowest BCUT2D eigenvalue weighted by Gasteiger charge is -2.24. The van der Waals surface area contributed by atoms with Crippen LogP contribution in [0.3, 0.4) is 0 Å². The number of aromatic nitrogens is 4. The molecule has 3 rings (SSSR count). The van der Waals surface area contributed by atoms with Crippen LogP contribution in [-0.2, 0) is 4.74 Å². The van der Waals surface area contributed by atoms with Gasteiger partial charge in [-0.2, -0.15) is 0 Å². The second-order valence-corrected chi connectivity index (χ2v) is 4.79. The lowest BCUT2D eigenvalue weighted by atomic mass is 10.1. The Morgan fingerprint density at radius 3 is 2.84 bits per heavy atom. The minimum absolute atomic E-state index is 0.507. The summed E-state index contributed by atoms with van der Waals surface area (Å²) in [6.07, 6.45) is 3.73. The molecule has 0 saturated carbocycles. The third kappa shape index (κ3) is 2.73. The zero-order valence-electron chi connectivity index (χ0n) is 10.9. The second kappa shape index (κ2) is 5.36. The van der Waals surface area contributed by atoms with Crippen molar-refractivity contribution in [2.45, 2.75) is 25.8 Å². The summed E-state index contributed by atoms with van der Waals surface area (Å²) in [5.41, 5.74) is 3.29. The molecule has 0 atom stereocenters. The zero-order chi connectivity index (χ0) is 13.1. The number of hydrogen-bond acceptors (Lipinski definition) is 5. The van der Waals surface area contributed by atoms with E-state index in [2.05, 4.69) is 39.9 Å². The minimum atomic E-state index is 0.507. The van der Waals surface area contributed by atoms with Gasteiger partial charge in [0.25, 0.3) is 0 Å². The van der Waals surface area contributed by atoms with Crippen molar-refractivity contribution in [3.63, 3.8) is 0 Å². The summed E-state index contributed by atoms with van der Waals surface area (Å²) in [6.45, 7) is 3.75. The molecule has 19 heavy (non-hydrogen) atoms. The van der Waals surface area contributed by atoms with Crippen molar-refractivity contribution in [2.24, 2.45) is 0 Å². The molecular formula is C13H17N5O. The largest absolute Gasteiger partial charge is 0.382 e. The maximum atomic E-state index is 5.36. The van der Waals surface area contributed by atoms with Crippen LogP contribution >= 0.6 is 0 Å². The second-order valence-electron chi connectivity index (χ2n) is 4.79. The molecule has 1 aliphatic rings. The summed E-state index contributed by atoms with van der Waals surface area (Å²) in [6, 6.07) is 6.74. The van der Waals surface area contributed by atoms with E-state index in [-0.39, 0.29) is 0 Å². The highest BCUT2D eigenvalue weighted by Crippen LogP contribution is 2.20. The molecule has 0 aliphatic carbocycles. The Hall–Kier alpha value is -1.95. The van der Waals surface area contributed by atoms with Crippen LogP contribution in [0.25, 0.3) is 5.69 Å². The molecule has 1 aromatic heterocycles. The molecule has 2 aromatic rings. The molecule has 1 fully saturated rings. The molecule has 1 aliphatic heterocycles. The number of nitrogens with one attached hydrogen (secondary N) is 1. The Labute approximate surface area is 111 Å². The highest BCUT2D eigenvalue weighted by atomic mass is 16.5. The van der Waals surface area contributed by atoms with Gasteiger partial charge >= 0.3 is 0 Å². The molecule has 0 amide bonds. The van der Waals surface area contributed by atoms with Crippen molar-refractivity contribution in [3.8, 4) is 5.69 Å². The normalized spacial score (nSPS) is 16.5. The first-order chi connectivity index (χ1) is 9.33. The van der Waals surface area contributed by atoms with Crippen LogP contribution < -0.4 is 5.32 Å². The smallest absolute Gasteiger partial charge is 0.143 e. The van der Waals surface area contributed by atoms with Crippen molar-refractivity contribution >= 4 is 5.69 Å². The maximum Gasteiger partial charge on any atom is 0.143 e. The molecule has 0 spiro atoms. The topological polar surface area (TPSA) is 64.9 Å². The molecule has 0 unspecified atom stereocenters. The van der Waals surface area contributed by atoms with Gasteiger partial charge < -0.3 is 10.1 Å². The Morgan fingerprint density at radius 2 is 2.16 bits per heavy atom. The monoisotopic (exact) mass is 259 g/mol. The molecule has 6 heteroatoms. The minimum Gasteiger partial charge on any atom is -0.382 e. The Balaban J connectivity index is 1.75. The molecule has 0 radical (unpaired) electrons. The van der Waals surface area contributed by atoms with Gasteiger partial charge in [-0.25, -0.2) is 4.68 Å². The number of ether oxygens (including phenoxy) is 1. The number of benzene rings is 1. The standard InChI is InChI=1S/C13H17N5O/c1-10-8-12(15-11-4-6-19-7-5-11)2-3-13(10)18-9-14-16-17-18/h2-3,8-9,11,15H,4-7H2,1H3. The molecular weight excluding hydrogens is 242 g/mol. The zero-order valence-corrected chi connectivity index (χ0v) is 10.9. The van der Waals surface area contributed by atoms with E-state index in [1.54, 1.807) is 11.0 Å². The van der Waals surface area contributed by atoms with Crippen molar-refractivity contribution < 1.29 is 4.74 Å². The fourth-order valence-electron chi connectivity index (χ4n) is 2.35. The highest BCUT2D eigenvalue weighted by molar-refractivity contribution is 5.53. The van der Waals surface area contributed by atoms with Gasteiger partial charge in [-0.3, -0.25) is 0 Å². The third-order valence-electron chi connectivity index (χ3n) is 3.38. The number of tetrazole rings is 1. The number of nitrogens with zero attached hydrogens (tertiary/aromatic N) is 4. The van der Waals surface area contributed by atoms with Crippen LogP contribution in [0.15, 0.2) is 24.5 Å². The predicted molar refractivity (Wildman–Crippen MR) is 71.4 cm³/mol. The highest BCUT2D eigenvalue weighted by Gasteiger charge is 2.13. The van der Waals surface area contributed by atoms with Gasteiger partial charge in [0.05, 0.1) is 5.69 Å². The first-order valence-corrected chi connectivity index (χ1v) is 6.51. The van der Waals surface area contributed by atoms with Crippen LogP contribution in [0.5, 0.6) is 0 Å². The molecule has 2 heterocycles. The summed E-state index contributed by atoms with van der Waals surface area (Å²) >= 11 is 0. The van der Waals surface area contributed by atoms with Gasteiger partial charge in [0.15, 0.2) is 0 Å². The summed E-state index contributed by atoms with van der Waals surface area (Å²) < 4.78 is 7.04. The van der Waals surface area contributed by atoms with E-state index in [0.29, 0.717) is 6.04 Å². The molecule has 0 bridgehead atoms. The van der Waals surface area contributed by atoms with Gasteiger partial charge in [0, 0.05) is 24.9 Å². The summed E-state index contributed by atoms with van der Waals surface area (Å²) in [7, 11) is 0. The molecule has 1 N–H and O–H groups in total. The van der Waals surface area contributed by atoms with Crippen molar-refractivity contribution in [1.82, 2.24) is 20.2 Å². The predicted octanol–water partition coefficient (Wildman–Crippen LogP) is 1.56. The first-order valence-electron chi connectivity index (χ1n) is 6.51. The number of hydrogen-bond donors (Lipinski definition) is 1. The summed E-state index contributed by atoms with van der Waals surface area (Å²) in [5, 5.41) is 14.8. The average Bonchev–Trinajstić information content (AvgIpc) is 2.94. The Bertz CT molecular complexity index is 534. The van der Waals surface area contributed by atoms with E-state index in [1.165, 1.54) is 0 Å². The molecule has 100 valence electrons. The van der Waals surface area contributed by atoms with Crippen LogP contribution in [0, 0.1) is 6.92 Å². The number of anilines is 1. The van der Waals surface area contributed by atoms with Crippen LogP contribution in [0.4, 0.5) is 5.69 Å². The first kappa shape index (κ1) is 12.1. The van der Waals surface area contributed by atoms with Gasteiger partial charge in [-0.1, -0.05) is 0 Å². The van der Waals surface area contributed by atoms with E-state index in [9.17, 15) is 0 Å². The molecule has 1 saturated heterocycles. The van der Waals surface area contributed by atoms with E-state index in [0.717, 1.165) is 43.0 Å². The van der Waals surface area contributed by atoms with Gasteiger partial charge in [0.1, 0.15) is 6.33 Å². The average molecular weight is 259 g/mol. The van der Waals surface area contributed by atoms with Crippen LogP contribution in [0.2, 0.25) is 0 Å². The quantitative estimate of drug-likeness (QED) is 0.906.